The lowest BCUT2D eigenvalue weighted by Gasteiger charge is -2.26. The highest BCUT2D eigenvalue weighted by Gasteiger charge is 2.68. The van der Waals surface area contributed by atoms with E-state index < -0.39 is 17.1 Å². The van der Waals surface area contributed by atoms with Crippen molar-refractivity contribution in [1.29, 1.82) is 0 Å². The minimum atomic E-state index is -0.660. The Kier molecular flexibility index (Phi) is 8.28. The molecular formula is C29H40ClNO5. The first kappa shape index (κ1) is 27.3. The van der Waals surface area contributed by atoms with Gasteiger partial charge in [-0.1, -0.05) is 51.3 Å². The number of Topliss-reactive ketones (excluding diaryl/α,β-unsaturated/α-hetero) is 1. The van der Waals surface area contributed by atoms with Crippen LogP contribution in [0.2, 0.25) is 0 Å². The number of fused-ring (bicyclic) bond motifs is 1. The van der Waals surface area contributed by atoms with Gasteiger partial charge in [0.25, 0.3) is 0 Å². The van der Waals surface area contributed by atoms with Gasteiger partial charge >= 0.3 is 5.97 Å². The van der Waals surface area contributed by atoms with E-state index in [0.717, 1.165) is 38.7 Å². The lowest BCUT2D eigenvalue weighted by Crippen LogP contribution is -2.33. The normalized spacial score (nSPS) is 36.0. The van der Waals surface area contributed by atoms with E-state index in [2.05, 4.69) is 18.8 Å². The largest absolute Gasteiger partial charge is 0.456 e. The zero-order chi connectivity index (χ0) is 26.0. The molecule has 198 valence electrons. The molecule has 7 heteroatoms. The summed E-state index contributed by atoms with van der Waals surface area (Å²) >= 11 is 6.80. The summed E-state index contributed by atoms with van der Waals surface area (Å²) in [5, 5.41) is 0.418. The fraction of sp³-hybridized carbons (Fsp3) is 0.690. The van der Waals surface area contributed by atoms with Crippen molar-refractivity contribution in [2.75, 3.05) is 6.61 Å². The molecule has 3 aliphatic rings. The Morgan fingerprint density at radius 1 is 1.17 bits per heavy atom. The van der Waals surface area contributed by atoms with Crippen molar-refractivity contribution in [1.82, 2.24) is 4.98 Å². The van der Waals surface area contributed by atoms with Crippen molar-refractivity contribution in [2.45, 2.75) is 109 Å². The second kappa shape index (κ2) is 10.9. The van der Waals surface area contributed by atoms with E-state index in [-0.39, 0.29) is 29.9 Å². The third-order valence-electron chi connectivity index (χ3n) is 8.30. The summed E-state index contributed by atoms with van der Waals surface area (Å²) in [6, 6.07) is 5.59. The number of hydrogen-bond acceptors (Lipinski definition) is 6. The second-order valence-corrected chi connectivity index (χ2v) is 12.2. The SMILES string of the molecule is CC1CCCC2(C)OC2(CC2CO2)CC(C(Cl)=Cc2ccccn2)OC(=O)CCC(C)(C)C(=O)CC1. The summed E-state index contributed by atoms with van der Waals surface area (Å²) in [7, 11) is 0. The van der Waals surface area contributed by atoms with Crippen LogP contribution in [0.15, 0.2) is 29.4 Å². The molecule has 6 nitrogen and oxygen atoms in total. The third kappa shape index (κ3) is 6.76. The quantitative estimate of drug-likeness (QED) is 0.346. The Morgan fingerprint density at radius 3 is 2.64 bits per heavy atom. The molecule has 4 rings (SSSR count). The average Bonchev–Trinajstić information content (AvgIpc) is 3.74. The third-order valence-corrected chi connectivity index (χ3v) is 8.65. The number of carbonyl (C=O) groups is 2. The fourth-order valence-corrected chi connectivity index (χ4v) is 5.68. The molecule has 1 aromatic heterocycles. The average molecular weight is 518 g/mol. The van der Waals surface area contributed by atoms with Crippen molar-refractivity contribution in [3.63, 3.8) is 0 Å². The molecular weight excluding hydrogens is 478 g/mol. The Morgan fingerprint density at radius 2 is 1.94 bits per heavy atom. The number of cyclic esters (lactones) is 1. The number of esters is 1. The summed E-state index contributed by atoms with van der Waals surface area (Å²) in [6.07, 6.45) is 9.23. The fourth-order valence-electron chi connectivity index (χ4n) is 5.45. The Labute approximate surface area is 220 Å². The summed E-state index contributed by atoms with van der Waals surface area (Å²) in [6.45, 7) is 8.97. The van der Waals surface area contributed by atoms with Gasteiger partial charge in [0.15, 0.2) is 0 Å². The number of carbonyl (C=O) groups excluding carboxylic acids is 2. The van der Waals surface area contributed by atoms with Crippen LogP contribution in [0.4, 0.5) is 0 Å². The highest BCUT2D eigenvalue weighted by Crippen LogP contribution is 2.58. The summed E-state index contributed by atoms with van der Waals surface area (Å²) < 4.78 is 18.1. The molecule has 0 bridgehead atoms. The van der Waals surface area contributed by atoms with Crippen LogP contribution in [-0.4, -0.2) is 46.8 Å². The van der Waals surface area contributed by atoms with Crippen molar-refractivity contribution >= 4 is 29.4 Å². The molecule has 4 heterocycles. The van der Waals surface area contributed by atoms with Crippen molar-refractivity contribution in [3.05, 3.63) is 35.1 Å². The number of halogens is 1. The van der Waals surface area contributed by atoms with E-state index in [9.17, 15) is 9.59 Å². The highest BCUT2D eigenvalue weighted by atomic mass is 35.5. The molecule has 0 aliphatic carbocycles. The van der Waals surface area contributed by atoms with Gasteiger partial charge in [0.05, 0.1) is 29.0 Å². The molecule has 0 amide bonds. The molecule has 3 aliphatic heterocycles. The number of nitrogens with zero attached hydrogens (tertiary/aromatic N) is 1. The van der Waals surface area contributed by atoms with Crippen LogP contribution >= 0.6 is 11.6 Å². The lowest BCUT2D eigenvalue weighted by atomic mass is 9.79. The first-order valence-corrected chi connectivity index (χ1v) is 13.7. The molecule has 36 heavy (non-hydrogen) atoms. The molecule has 3 fully saturated rings. The predicted octanol–water partition coefficient (Wildman–Crippen LogP) is 6.26. The first-order chi connectivity index (χ1) is 17.0. The molecule has 3 saturated heterocycles. The van der Waals surface area contributed by atoms with Crippen molar-refractivity contribution < 1.29 is 23.8 Å². The summed E-state index contributed by atoms with van der Waals surface area (Å²) in [5.41, 5.74) is -0.639. The van der Waals surface area contributed by atoms with Gasteiger partial charge in [-0.2, -0.15) is 0 Å². The number of rotatable bonds is 4. The van der Waals surface area contributed by atoms with E-state index in [1.54, 1.807) is 12.3 Å². The number of hydrogen-bond donors (Lipinski definition) is 0. The molecule has 5 atom stereocenters. The molecule has 0 spiro atoms. The van der Waals surface area contributed by atoms with Crippen LogP contribution in [0, 0.1) is 11.3 Å². The van der Waals surface area contributed by atoms with Gasteiger partial charge in [-0.15, -0.1) is 0 Å². The van der Waals surface area contributed by atoms with Crippen molar-refractivity contribution in [3.8, 4) is 0 Å². The topological polar surface area (TPSA) is 81.3 Å². The number of pyridine rings is 1. The smallest absolute Gasteiger partial charge is 0.306 e. The number of aromatic nitrogens is 1. The van der Waals surface area contributed by atoms with Gasteiger partial charge in [-0.3, -0.25) is 14.6 Å². The lowest BCUT2D eigenvalue weighted by molar-refractivity contribution is -0.148. The zero-order valence-electron chi connectivity index (χ0n) is 22.1. The molecule has 0 N–H and O–H groups in total. The standard InChI is InChI=1S/C29H40ClNO5/c1-20-8-7-13-28(4)29(36-28,17-22-19-34-22)18-24(23(30)16-21-9-5-6-15-31-21)35-26(33)12-14-27(2,3)25(32)11-10-20/h5-6,9,15-16,20,22,24H,7-8,10-14,17-19H2,1-4H3. The van der Waals surface area contributed by atoms with Gasteiger partial charge in [0.2, 0.25) is 0 Å². The highest BCUT2D eigenvalue weighted by molar-refractivity contribution is 6.32. The maximum atomic E-state index is 13.0. The number of epoxide rings is 2. The Hall–Kier alpha value is -1.76. The minimum Gasteiger partial charge on any atom is -0.456 e. The minimum absolute atomic E-state index is 0.162. The van der Waals surface area contributed by atoms with E-state index in [1.165, 1.54) is 0 Å². The Balaban J connectivity index is 1.59. The predicted molar refractivity (Wildman–Crippen MR) is 139 cm³/mol. The first-order valence-electron chi connectivity index (χ1n) is 13.3. The monoisotopic (exact) mass is 517 g/mol. The second-order valence-electron chi connectivity index (χ2n) is 11.8. The number of ether oxygens (including phenoxy) is 3. The maximum Gasteiger partial charge on any atom is 0.306 e. The number of ketones is 1. The van der Waals surface area contributed by atoms with E-state index in [1.807, 2.05) is 32.0 Å². The van der Waals surface area contributed by atoms with E-state index >= 15 is 0 Å². The molecule has 0 aromatic carbocycles. The van der Waals surface area contributed by atoms with Crippen LogP contribution < -0.4 is 0 Å². The van der Waals surface area contributed by atoms with Crippen LogP contribution in [0.1, 0.15) is 91.2 Å². The molecule has 0 radical (unpaired) electrons. The maximum absolute atomic E-state index is 13.0. The van der Waals surface area contributed by atoms with Crippen LogP contribution in [0.25, 0.3) is 6.08 Å². The van der Waals surface area contributed by atoms with Crippen LogP contribution in [-0.2, 0) is 23.8 Å². The van der Waals surface area contributed by atoms with Crippen molar-refractivity contribution in [2.24, 2.45) is 11.3 Å². The van der Waals surface area contributed by atoms with Gasteiger partial charge in [-0.05, 0) is 50.3 Å². The summed E-state index contributed by atoms with van der Waals surface area (Å²) in [5.74, 6) is 0.323. The molecule has 0 saturated carbocycles. The van der Waals surface area contributed by atoms with E-state index in [0.29, 0.717) is 35.9 Å². The zero-order valence-corrected chi connectivity index (χ0v) is 22.8. The van der Waals surface area contributed by atoms with Gasteiger partial charge < -0.3 is 14.2 Å². The van der Waals surface area contributed by atoms with Gasteiger partial charge in [0.1, 0.15) is 17.5 Å². The molecule has 5 unspecified atom stereocenters. The van der Waals surface area contributed by atoms with Crippen LogP contribution in [0.3, 0.4) is 0 Å². The molecule has 1 aromatic rings. The van der Waals surface area contributed by atoms with Crippen LogP contribution in [0.5, 0.6) is 0 Å². The van der Waals surface area contributed by atoms with Gasteiger partial charge in [0, 0.05) is 37.3 Å². The Bertz CT molecular complexity index is 975. The van der Waals surface area contributed by atoms with E-state index in [4.69, 9.17) is 25.8 Å². The van der Waals surface area contributed by atoms with Gasteiger partial charge in [-0.25, -0.2) is 0 Å². The summed E-state index contributed by atoms with van der Waals surface area (Å²) in [4.78, 5) is 30.3.